The van der Waals surface area contributed by atoms with Crippen LogP contribution in [0.4, 0.5) is 22.9 Å². The van der Waals surface area contributed by atoms with Gasteiger partial charge in [0.1, 0.15) is 41.1 Å². The molecule has 55 heavy (non-hydrogen) atoms. The average molecular weight is 893 g/mol. The van der Waals surface area contributed by atoms with E-state index in [9.17, 15) is 29.4 Å². The van der Waals surface area contributed by atoms with Crippen LogP contribution in [0.15, 0.2) is 51.8 Å². The zero-order chi connectivity index (χ0) is 39.4. The van der Waals surface area contributed by atoms with E-state index >= 15 is 0 Å². The maximum absolute atomic E-state index is 12.8. The third-order valence-corrected chi connectivity index (χ3v) is 11.1. The van der Waals surface area contributed by atoms with Gasteiger partial charge in [0.05, 0.1) is 36.4 Å². The Morgan fingerprint density at radius 2 is 1.87 bits per heavy atom. The van der Waals surface area contributed by atoms with E-state index < -0.39 is 35.4 Å². The maximum Gasteiger partial charge on any atom is 0.253 e. The van der Waals surface area contributed by atoms with Gasteiger partial charge in [0.25, 0.3) is 10.9 Å². The van der Waals surface area contributed by atoms with Gasteiger partial charge >= 0.3 is 0 Å². The molecule has 18 nitrogen and oxygen atoms in total. The molecule has 8 N–H and O–H groups in total. The van der Waals surface area contributed by atoms with Crippen molar-refractivity contribution in [3.05, 3.63) is 71.9 Å². The van der Waals surface area contributed by atoms with Crippen LogP contribution >= 0.6 is 34.2 Å². The Hall–Kier alpha value is -4.54. The number of ketones is 1. The number of fused-ring (bicyclic) bond motifs is 1. The first-order valence-corrected chi connectivity index (χ1v) is 19.0. The number of anilines is 3. The maximum atomic E-state index is 12.8. The van der Waals surface area contributed by atoms with Crippen molar-refractivity contribution in [3.8, 4) is 5.75 Å². The van der Waals surface area contributed by atoms with Gasteiger partial charge in [-0.1, -0.05) is 24.3 Å². The lowest BCUT2D eigenvalue weighted by molar-refractivity contribution is -0.130. The molecule has 0 aliphatic carbocycles. The highest BCUT2D eigenvalue weighted by molar-refractivity contribution is 14.1. The fourth-order valence-corrected chi connectivity index (χ4v) is 7.09. The smallest absolute Gasteiger partial charge is 0.253 e. The van der Waals surface area contributed by atoms with Crippen LogP contribution in [0.3, 0.4) is 0 Å². The predicted octanol–water partition coefficient (Wildman–Crippen LogP) is 0.571. The zero-order valence-corrected chi connectivity index (χ0v) is 32.8. The number of aromatic nitrogens is 2. The number of rotatable bonds is 16. The van der Waals surface area contributed by atoms with E-state index in [0.717, 1.165) is 3.57 Å². The second kappa shape index (κ2) is 17.5. The highest BCUT2D eigenvalue weighted by Crippen LogP contribution is 2.36. The minimum atomic E-state index is -1.35. The average Bonchev–Trinajstić information content (AvgIpc) is 3.71. The number of methoxy groups -OCH3 is 1. The fraction of sp³-hybridized carbons (Fsp3) is 0.429. The molecule has 4 atom stereocenters. The molecule has 0 radical (unpaired) electrons. The number of piperazine rings is 1. The van der Waals surface area contributed by atoms with E-state index in [1.165, 1.54) is 17.0 Å². The molecule has 0 saturated carbocycles. The number of carbonyl (C=O) groups excluding carboxylic acids is 2. The number of hydrogen-bond acceptors (Lipinski definition) is 16. The minimum absolute atomic E-state index is 0.0234. The first kappa shape index (κ1) is 40.1. The van der Waals surface area contributed by atoms with Crippen molar-refractivity contribution < 1.29 is 29.3 Å². The lowest BCUT2D eigenvalue weighted by Gasteiger charge is -2.34. The summed E-state index contributed by atoms with van der Waals surface area (Å²) < 4.78 is 13.6. The minimum Gasteiger partial charge on any atom is -0.495 e. The molecule has 0 spiro atoms. The largest absolute Gasteiger partial charge is 0.495 e. The number of nitrogens with one attached hydrogen (secondary N) is 4. The topological polar surface area (TPSA) is 238 Å². The number of carbonyl (C=O) groups is 2. The molecule has 1 amide bonds. The number of nitrogens with two attached hydrogens (primary N) is 1. The van der Waals surface area contributed by atoms with Crippen LogP contribution in [0.1, 0.15) is 24.8 Å². The molecule has 3 aromatic rings. The van der Waals surface area contributed by atoms with Crippen LogP contribution in [0.2, 0.25) is 5.02 Å². The van der Waals surface area contributed by atoms with Crippen LogP contribution in [-0.4, -0.2) is 125 Å². The van der Waals surface area contributed by atoms with Crippen LogP contribution in [0.25, 0.3) is 5.70 Å². The second-order valence-corrected chi connectivity index (χ2v) is 14.7. The van der Waals surface area contributed by atoms with Gasteiger partial charge in [0.15, 0.2) is 23.8 Å². The third-order valence-electron chi connectivity index (χ3n) is 9.53. The first-order chi connectivity index (χ1) is 26.4. The number of ether oxygens (including phenoxy) is 2. The van der Waals surface area contributed by atoms with Crippen molar-refractivity contribution in [2.45, 2.75) is 37.4 Å². The molecule has 3 aliphatic rings. The Balaban J connectivity index is 0.886. The monoisotopic (exact) mass is 892 g/mol. The molecule has 0 unspecified atom stereocenters. The van der Waals surface area contributed by atoms with E-state index in [4.69, 9.17) is 26.8 Å². The molecule has 2 saturated heterocycles. The highest BCUT2D eigenvalue weighted by Gasteiger charge is 2.45. The number of allylic oxidation sites excluding steroid dienone is 1. The first-order valence-electron chi connectivity index (χ1n) is 17.5. The van der Waals surface area contributed by atoms with Crippen LogP contribution in [-0.2, 0) is 14.3 Å². The Morgan fingerprint density at radius 3 is 2.60 bits per heavy atom. The molecule has 20 heteroatoms. The summed E-state index contributed by atoms with van der Waals surface area (Å²) in [6.45, 7) is 7.22. The number of aliphatic hydroxyl groups is 2. The molecular weight excluding hydrogens is 851 g/mol. The van der Waals surface area contributed by atoms with E-state index in [1.807, 2.05) is 6.07 Å². The molecule has 0 bridgehead atoms. The number of hydrogen-bond donors (Lipinski definition) is 7. The molecule has 294 valence electrons. The van der Waals surface area contributed by atoms with Crippen LogP contribution < -0.4 is 42.6 Å². The van der Waals surface area contributed by atoms with Gasteiger partial charge in [0, 0.05) is 61.9 Å². The van der Waals surface area contributed by atoms with Crippen molar-refractivity contribution in [3.63, 3.8) is 0 Å². The normalized spacial score (nSPS) is 21.4. The summed E-state index contributed by atoms with van der Waals surface area (Å²) in [5.41, 5.74) is 6.05. The zero-order valence-electron chi connectivity index (χ0n) is 29.9. The van der Waals surface area contributed by atoms with E-state index in [0.29, 0.717) is 72.8 Å². The van der Waals surface area contributed by atoms with Gasteiger partial charge in [0.2, 0.25) is 5.91 Å². The van der Waals surface area contributed by atoms with Gasteiger partial charge in [-0.05, 0) is 41.2 Å². The summed E-state index contributed by atoms with van der Waals surface area (Å²) in [6.07, 6.45) is 0.694. The van der Waals surface area contributed by atoms with E-state index in [2.05, 4.69) is 65.3 Å². The van der Waals surface area contributed by atoms with Gasteiger partial charge in [-0.15, -0.1) is 0 Å². The number of aliphatic imine (C=N–C) groups is 1. The number of imidazole rings is 1. The van der Waals surface area contributed by atoms with Gasteiger partial charge < -0.3 is 51.6 Å². The van der Waals surface area contributed by atoms with Gasteiger partial charge in [-0.2, -0.15) is 4.99 Å². The lowest BCUT2D eigenvalue weighted by Crippen LogP contribution is -2.50. The quantitative estimate of drug-likeness (QED) is 0.0451. The number of amides is 1. The summed E-state index contributed by atoms with van der Waals surface area (Å²) in [4.78, 5) is 62.4. The van der Waals surface area contributed by atoms with Crippen molar-refractivity contribution >= 4 is 80.4 Å². The predicted molar refractivity (Wildman–Crippen MR) is 216 cm³/mol. The number of guanidine groups is 1. The molecule has 2 fully saturated rings. The second-order valence-electron chi connectivity index (χ2n) is 13.2. The Bertz CT molecular complexity index is 2070. The SMILES string of the molecule is C=C1NC(N)=Nc2c1ncn2[C@@H]1O[C@H](CNc2c(NCCCC(=O)/C=C/CN3CCN(C(=O)CNc4cc(I)c(Cl)cc4OC)CC3)c(=O)c2=O)[C@@H](O)[C@H]1O. The number of aliphatic hydroxyl groups excluding tert-OH is 2. The summed E-state index contributed by atoms with van der Waals surface area (Å²) in [5.74, 6) is 0.848. The molecule has 2 aromatic carbocycles. The Kier molecular flexibility index (Phi) is 12.8. The summed E-state index contributed by atoms with van der Waals surface area (Å²) in [7, 11) is 1.55. The molecule has 1 aromatic heterocycles. The number of nitrogens with zero attached hydrogens (tertiary/aromatic N) is 5. The molecule has 3 aliphatic heterocycles. The van der Waals surface area contributed by atoms with Crippen molar-refractivity contribution in [2.75, 3.05) is 75.4 Å². The van der Waals surface area contributed by atoms with Crippen molar-refractivity contribution in [1.29, 1.82) is 0 Å². The fourth-order valence-electron chi connectivity index (χ4n) is 6.47. The third kappa shape index (κ3) is 8.97. The molecule has 6 rings (SSSR count). The number of halogens is 2. The van der Waals surface area contributed by atoms with Gasteiger partial charge in [-0.3, -0.25) is 28.6 Å². The highest BCUT2D eigenvalue weighted by atomic mass is 127. The van der Waals surface area contributed by atoms with Crippen molar-refractivity contribution in [1.82, 2.24) is 24.7 Å². The number of benzene rings is 1. The molecule has 4 heterocycles. The summed E-state index contributed by atoms with van der Waals surface area (Å²) in [5, 5.41) is 33.7. The van der Waals surface area contributed by atoms with E-state index in [-0.39, 0.29) is 55.1 Å². The van der Waals surface area contributed by atoms with E-state index in [1.54, 1.807) is 24.2 Å². The lowest BCUT2D eigenvalue weighted by atomic mass is 10.1. The Morgan fingerprint density at radius 1 is 1.15 bits per heavy atom. The van der Waals surface area contributed by atoms with Crippen LogP contribution in [0, 0.1) is 3.57 Å². The standard InChI is InChI=1S/C35H42ClIN10O8/c1-18-26-33(44-35(38)43-18)47(17-42-26)34-32(53)29(50)24(55-34)15-41-28-27(30(51)31(28)52)39-7-3-5-19(48)6-4-8-45-9-11-46(12-10-45)25(49)16-40-22-14-21(37)20(36)13-23(22)54-2/h4,6,13-14,17,24,29,32,34,39-41,50,53H,1,3,5,7-12,15-16H2,2H3,(H3,38,43,44)/b6-4+/t24-,29-,32-,34-/m1/s1. The van der Waals surface area contributed by atoms with Crippen LogP contribution in [0.5, 0.6) is 5.75 Å². The Labute approximate surface area is 334 Å². The van der Waals surface area contributed by atoms with Crippen molar-refractivity contribution in [2.24, 2.45) is 10.7 Å². The summed E-state index contributed by atoms with van der Waals surface area (Å²) >= 11 is 8.29. The summed E-state index contributed by atoms with van der Waals surface area (Å²) in [6, 6.07) is 3.55. The van der Waals surface area contributed by atoms with Gasteiger partial charge in [-0.25, -0.2) is 4.98 Å². The molecular formula is C35H42ClIN10O8.